The predicted molar refractivity (Wildman–Crippen MR) is 68.3 cm³/mol. The Balaban J connectivity index is 2.25. The second-order valence-electron chi connectivity index (χ2n) is 5.43. The molecule has 2 rings (SSSR count). The smallest absolute Gasteiger partial charge is 0.329 e. The zero-order chi connectivity index (χ0) is 15.3. The zero-order valence-corrected chi connectivity index (χ0v) is 12.1. The minimum Gasteiger partial charge on any atom is -0.480 e. The first kappa shape index (κ1) is 15.2. The summed E-state index contributed by atoms with van der Waals surface area (Å²) < 4.78 is 24.6. The number of β-lactam (4-membered cyclic amide) rings is 1. The minimum atomic E-state index is -3.52. The van der Waals surface area contributed by atoms with Crippen LogP contribution < -0.4 is 0 Å². The Morgan fingerprint density at radius 3 is 2.45 bits per heavy atom. The normalized spacial score (nSPS) is 30.4. The van der Waals surface area contributed by atoms with Crippen LogP contribution in [0.15, 0.2) is 0 Å². The van der Waals surface area contributed by atoms with E-state index in [-0.39, 0.29) is 13.1 Å². The Bertz CT molecular complexity index is 545. The highest BCUT2D eigenvalue weighted by molar-refractivity contribution is 7.88. The van der Waals surface area contributed by atoms with Crippen molar-refractivity contribution in [2.75, 3.05) is 19.3 Å². The molecule has 0 aliphatic carbocycles. The maximum absolute atomic E-state index is 12.3. The zero-order valence-electron chi connectivity index (χ0n) is 11.3. The van der Waals surface area contributed by atoms with Gasteiger partial charge in [-0.05, 0) is 19.8 Å². The number of likely N-dealkylation sites (tertiary alicyclic amines) is 1. The van der Waals surface area contributed by atoms with Crippen LogP contribution in [0.2, 0.25) is 0 Å². The number of carboxylic acid groups (broad SMARTS) is 1. The van der Waals surface area contributed by atoms with Crippen molar-refractivity contribution in [1.82, 2.24) is 9.21 Å². The first-order valence-electron chi connectivity index (χ1n) is 6.31. The monoisotopic (exact) mass is 306 g/mol. The van der Waals surface area contributed by atoms with Gasteiger partial charge in [0.2, 0.25) is 15.9 Å². The Labute approximate surface area is 117 Å². The molecule has 2 heterocycles. The van der Waals surface area contributed by atoms with Gasteiger partial charge in [-0.25, -0.2) is 13.2 Å². The van der Waals surface area contributed by atoms with Gasteiger partial charge in [-0.2, -0.15) is 4.31 Å². The fourth-order valence-corrected chi connectivity index (χ4v) is 4.45. The minimum absolute atomic E-state index is 0.0147. The molecule has 2 aliphatic heterocycles. The molecule has 0 aromatic heterocycles. The molecule has 0 aromatic rings. The average molecular weight is 306 g/mol. The number of amides is 1. The fraction of sp³-hybridized carbons (Fsp3) is 0.818. The molecule has 2 N–H and O–H groups in total. The van der Waals surface area contributed by atoms with E-state index in [4.69, 9.17) is 5.11 Å². The number of hydrogen-bond donors (Lipinski definition) is 2. The van der Waals surface area contributed by atoms with Crippen LogP contribution in [0.25, 0.3) is 0 Å². The third-order valence-corrected chi connectivity index (χ3v) is 5.30. The lowest BCUT2D eigenvalue weighted by Crippen LogP contribution is -2.76. The van der Waals surface area contributed by atoms with E-state index in [2.05, 4.69) is 0 Å². The van der Waals surface area contributed by atoms with Gasteiger partial charge in [0, 0.05) is 6.54 Å². The van der Waals surface area contributed by atoms with Gasteiger partial charge in [-0.3, -0.25) is 4.79 Å². The maximum Gasteiger partial charge on any atom is 0.329 e. The summed E-state index contributed by atoms with van der Waals surface area (Å²) in [7, 11) is -3.52. The van der Waals surface area contributed by atoms with Crippen molar-refractivity contribution < 1.29 is 28.2 Å². The third-order valence-electron chi connectivity index (χ3n) is 3.97. The number of carbonyl (C=O) groups is 2. The van der Waals surface area contributed by atoms with E-state index in [0.717, 1.165) is 15.5 Å². The third kappa shape index (κ3) is 2.09. The van der Waals surface area contributed by atoms with Crippen molar-refractivity contribution in [2.24, 2.45) is 0 Å². The molecule has 20 heavy (non-hydrogen) atoms. The summed E-state index contributed by atoms with van der Waals surface area (Å²) in [6.45, 7) is 1.58. The number of sulfonamides is 1. The van der Waals surface area contributed by atoms with Crippen LogP contribution in [0.4, 0.5) is 0 Å². The topological polar surface area (TPSA) is 115 Å². The number of aliphatic hydroxyl groups is 1. The summed E-state index contributed by atoms with van der Waals surface area (Å²) in [4.78, 5) is 24.5. The standard InChI is InChI=1S/C11H18N2O6S/c1-7(14)8(9(15)16)12-6-11(10(12)17)4-3-5-13(11)20(2,18)19/h7-8,14H,3-6H2,1-2H3,(H,15,16)/t7-,8+,11+/m1/s1. The molecule has 0 aromatic carbocycles. The summed E-state index contributed by atoms with van der Waals surface area (Å²) in [5.41, 5.74) is -1.14. The Morgan fingerprint density at radius 2 is 2.05 bits per heavy atom. The van der Waals surface area contributed by atoms with Gasteiger partial charge in [0.05, 0.1) is 18.9 Å². The van der Waals surface area contributed by atoms with Crippen molar-refractivity contribution in [2.45, 2.75) is 37.5 Å². The molecular weight excluding hydrogens is 288 g/mol. The molecule has 0 unspecified atom stereocenters. The number of hydrogen-bond acceptors (Lipinski definition) is 5. The quantitative estimate of drug-likeness (QED) is 0.608. The first-order valence-corrected chi connectivity index (χ1v) is 8.16. The number of nitrogens with zero attached hydrogens (tertiary/aromatic N) is 2. The van der Waals surface area contributed by atoms with E-state index in [1.54, 1.807) is 0 Å². The molecule has 2 aliphatic rings. The van der Waals surface area contributed by atoms with Crippen LogP contribution in [0.3, 0.4) is 0 Å². The number of aliphatic hydroxyl groups excluding tert-OH is 1. The maximum atomic E-state index is 12.3. The molecule has 2 fully saturated rings. The molecule has 9 heteroatoms. The molecule has 114 valence electrons. The van der Waals surface area contributed by atoms with E-state index < -0.39 is 39.6 Å². The highest BCUT2D eigenvalue weighted by atomic mass is 32.2. The molecule has 8 nitrogen and oxygen atoms in total. The summed E-state index contributed by atoms with van der Waals surface area (Å²) in [5.74, 6) is -1.83. The van der Waals surface area contributed by atoms with Gasteiger partial charge in [-0.1, -0.05) is 0 Å². The molecule has 0 saturated carbocycles. The highest BCUT2D eigenvalue weighted by Gasteiger charge is 2.63. The van der Waals surface area contributed by atoms with Crippen LogP contribution in [0.5, 0.6) is 0 Å². The molecule has 0 radical (unpaired) electrons. The SMILES string of the molecule is C[C@@H](O)[C@@H](C(=O)O)N1C[C@@]2(CCCN2S(C)(=O)=O)C1=O. The largest absolute Gasteiger partial charge is 0.480 e. The lowest BCUT2D eigenvalue weighted by Gasteiger charge is -2.52. The first-order chi connectivity index (χ1) is 9.11. The van der Waals surface area contributed by atoms with Crippen molar-refractivity contribution in [3.63, 3.8) is 0 Å². The van der Waals surface area contributed by atoms with Crippen LogP contribution >= 0.6 is 0 Å². The summed E-state index contributed by atoms with van der Waals surface area (Å²) in [5, 5.41) is 18.6. The lowest BCUT2D eigenvalue weighted by molar-refractivity contribution is -0.174. The molecule has 1 amide bonds. The lowest BCUT2D eigenvalue weighted by atomic mass is 9.84. The van der Waals surface area contributed by atoms with Crippen molar-refractivity contribution in [3.05, 3.63) is 0 Å². The van der Waals surface area contributed by atoms with E-state index in [9.17, 15) is 23.1 Å². The van der Waals surface area contributed by atoms with E-state index in [0.29, 0.717) is 12.8 Å². The fourth-order valence-electron chi connectivity index (χ4n) is 3.13. The second kappa shape index (κ2) is 4.68. The van der Waals surface area contributed by atoms with Crippen LogP contribution in [0, 0.1) is 0 Å². The van der Waals surface area contributed by atoms with Gasteiger partial charge in [0.15, 0.2) is 6.04 Å². The summed E-state index contributed by atoms with van der Waals surface area (Å²) >= 11 is 0. The van der Waals surface area contributed by atoms with Crippen molar-refractivity contribution in [1.29, 1.82) is 0 Å². The molecule has 2 saturated heterocycles. The van der Waals surface area contributed by atoms with Gasteiger partial charge in [-0.15, -0.1) is 0 Å². The van der Waals surface area contributed by atoms with E-state index in [1.807, 2.05) is 0 Å². The predicted octanol–water partition coefficient (Wildman–Crippen LogP) is -1.54. The molecule has 3 atom stereocenters. The second-order valence-corrected chi connectivity index (χ2v) is 7.33. The van der Waals surface area contributed by atoms with Gasteiger partial charge < -0.3 is 15.1 Å². The van der Waals surface area contributed by atoms with Gasteiger partial charge in [0.1, 0.15) is 5.54 Å². The Kier molecular flexibility index (Phi) is 3.55. The van der Waals surface area contributed by atoms with E-state index in [1.165, 1.54) is 6.92 Å². The Hall–Kier alpha value is -1.19. The number of aliphatic carboxylic acids is 1. The van der Waals surface area contributed by atoms with Gasteiger partial charge >= 0.3 is 5.97 Å². The summed E-state index contributed by atoms with van der Waals surface area (Å²) in [6, 6.07) is -1.34. The summed E-state index contributed by atoms with van der Waals surface area (Å²) in [6.07, 6.45) is 0.780. The molecule has 0 bridgehead atoms. The van der Waals surface area contributed by atoms with E-state index >= 15 is 0 Å². The highest BCUT2D eigenvalue weighted by Crippen LogP contribution is 2.41. The number of rotatable bonds is 4. The van der Waals surface area contributed by atoms with Crippen molar-refractivity contribution >= 4 is 21.9 Å². The Morgan fingerprint density at radius 1 is 1.45 bits per heavy atom. The average Bonchev–Trinajstić information content (AvgIpc) is 2.73. The van der Waals surface area contributed by atoms with Crippen LogP contribution in [0.1, 0.15) is 19.8 Å². The number of carboxylic acids is 1. The molecular formula is C11H18N2O6S. The molecule has 1 spiro atoms. The number of carbonyl (C=O) groups excluding carboxylic acids is 1. The van der Waals surface area contributed by atoms with Crippen LogP contribution in [-0.4, -0.2) is 76.7 Å². The van der Waals surface area contributed by atoms with Gasteiger partial charge in [0.25, 0.3) is 0 Å². The van der Waals surface area contributed by atoms with Crippen LogP contribution in [-0.2, 0) is 19.6 Å². The van der Waals surface area contributed by atoms with Crippen molar-refractivity contribution in [3.8, 4) is 0 Å².